The SMILES string of the molecule is CCC1(C(=O)O)CCCN1C(=O)c1ccc(F)c(Br)c1. The van der Waals surface area contributed by atoms with Gasteiger partial charge in [-0.2, -0.15) is 0 Å². The Bertz CT molecular complexity index is 563. The Labute approximate surface area is 124 Å². The van der Waals surface area contributed by atoms with Crippen LogP contribution in [0, 0.1) is 5.82 Å². The third-order valence-corrected chi connectivity index (χ3v) is 4.49. The molecule has 1 N–H and O–H groups in total. The largest absolute Gasteiger partial charge is 0.479 e. The number of amides is 1. The first-order valence-corrected chi connectivity index (χ1v) is 7.22. The number of carbonyl (C=O) groups is 2. The third-order valence-electron chi connectivity index (χ3n) is 3.88. The molecule has 1 unspecified atom stereocenters. The highest BCUT2D eigenvalue weighted by Gasteiger charge is 2.48. The third kappa shape index (κ3) is 2.32. The number of nitrogens with zero attached hydrogens (tertiary/aromatic N) is 1. The molecule has 0 bridgehead atoms. The average molecular weight is 344 g/mol. The zero-order chi connectivity index (χ0) is 14.9. The van der Waals surface area contributed by atoms with Crippen LogP contribution in [0.1, 0.15) is 36.5 Å². The molecular weight excluding hydrogens is 329 g/mol. The highest BCUT2D eigenvalue weighted by Crippen LogP contribution is 2.34. The van der Waals surface area contributed by atoms with Gasteiger partial charge in [0.05, 0.1) is 4.47 Å². The molecule has 1 amide bonds. The van der Waals surface area contributed by atoms with E-state index in [1.807, 2.05) is 0 Å². The van der Waals surface area contributed by atoms with E-state index in [9.17, 15) is 19.1 Å². The van der Waals surface area contributed by atoms with E-state index < -0.39 is 17.3 Å². The minimum Gasteiger partial charge on any atom is -0.479 e. The molecule has 1 saturated heterocycles. The summed E-state index contributed by atoms with van der Waals surface area (Å²) in [6.45, 7) is 2.17. The number of aliphatic carboxylic acids is 1. The predicted octanol–water partition coefficient (Wildman–Crippen LogP) is 3.06. The van der Waals surface area contributed by atoms with Gasteiger partial charge in [-0.25, -0.2) is 9.18 Å². The maximum atomic E-state index is 13.2. The summed E-state index contributed by atoms with van der Waals surface area (Å²) in [4.78, 5) is 25.5. The number of benzene rings is 1. The average Bonchev–Trinajstić information content (AvgIpc) is 2.86. The zero-order valence-electron chi connectivity index (χ0n) is 11.0. The van der Waals surface area contributed by atoms with Gasteiger partial charge in [-0.1, -0.05) is 6.92 Å². The summed E-state index contributed by atoms with van der Waals surface area (Å²) in [5.41, 5.74) is -0.850. The van der Waals surface area contributed by atoms with Crippen LogP contribution < -0.4 is 0 Å². The molecule has 0 radical (unpaired) electrons. The quantitative estimate of drug-likeness (QED) is 0.917. The second kappa shape index (κ2) is 5.52. The van der Waals surface area contributed by atoms with Crippen molar-refractivity contribution in [3.8, 4) is 0 Å². The van der Waals surface area contributed by atoms with Gasteiger partial charge in [0.25, 0.3) is 5.91 Å². The van der Waals surface area contributed by atoms with Crippen molar-refractivity contribution in [1.82, 2.24) is 4.90 Å². The molecule has 6 heteroatoms. The van der Waals surface area contributed by atoms with Crippen molar-refractivity contribution in [1.29, 1.82) is 0 Å². The molecule has 2 rings (SSSR count). The zero-order valence-corrected chi connectivity index (χ0v) is 12.6. The lowest BCUT2D eigenvalue weighted by Crippen LogP contribution is -2.52. The number of carbonyl (C=O) groups excluding carboxylic acids is 1. The molecular formula is C14H15BrFNO3. The molecule has 108 valence electrons. The summed E-state index contributed by atoms with van der Waals surface area (Å²) in [6, 6.07) is 3.96. The van der Waals surface area contributed by atoms with Crippen LogP contribution in [0.3, 0.4) is 0 Å². The molecule has 1 atom stereocenters. The second-order valence-corrected chi connectivity index (χ2v) is 5.73. The van der Waals surface area contributed by atoms with E-state index in [1.54, 1.807) is 6.92 Å². The van der Waals surface area contributed by atoms with Gasteiger partial charge in [-0.3, -0.25) is 4.79 Å². The molecule has 1 fully saturated rings. The predicted molar refractivity (Wildman–Crippen MR) is 75.0 cm³/mol. The van der Waals surface area contributed by atoms with Gasteiger partial charge < -0.3 is 10.0 Å². The summed E-state index contributed by atoms with van der Waals surface area (Å²) in [5.74, 6) is -1.80. The van der Waals surface area contributed by atoms with Crippen molar-refractivity contribution in [2.75, 3.05) is 6.54 Å². The lowest BCUT2D eigenvalue weighted by atomic mass is 9.92. The van der Waals surface area contributed by atoms with Crippen LogP contribution in [0.2, 0.25) is 0 Å². The molecule has 0 spiro atoms. The van der Waals surface area contributed by atoms with Gasteiger partial charge in [0.15, 0.2) is 0 Å². The lowest BCUT2D eigenvalue weighted by molar-refractivity contribution is -0.148. The maximum Gasteiger partial charge on any atom is 0.329 e. The summed E-state index contributed by atoms with van der Waals surface area (Å²) in [5, 5.41) is 9.47. The molecule has 1 aliphatic rings. The Morgan fingerprint density at radius 2 is 2.20 bits per heavy atom. The Balaban J connectivity index is 2.36. The molecule has 20 heavy (non-hydrogen) atoms. The van der Waals surface area contributed by atoms with E-state index >= 15 is 0 Å². The Morgan fingerprint density at radius 1 is 1.50 bits per heavy atom. The van der Waals surface area contributed by atoms with Crippen LogP contribution in [0.5, 0.6) is 0 Å². The minimum atomic E-state index is -1.14. The molecule has 1 aromatic rings. The van der Waals surface area contributed by atoms with Crippen LogP contribution in [0.25, 0.3) is 0 Å². The summed E-state index contributed by atoms with van der Waals surface area (Å²) >= 11 is 3.04. The van der Waals surface area contributed by atoms with E-state index in [0.717, 1.165) is 0 Å². The minimum absolute atomic E-state index is 0.194. The number of rotatable bonds is 3. The molecule has 0 aromatic heterocycles. The lowest BCUT2D eigenvalue weighted by Gasteiger charge is -2.34. The fraction of sp³-hybridized carbons (Fsp3) is 0.429. The van der Waals surface area contributed by atoms with Gasteiger partial charge in [0, 0.05) is 12.1 Å². The maximum absolute atomic E-state index is 13.2. The van der Waals surface area contributed by atoms with Crippen molar-refractivity contribution < 1.29 is 19.1 Å². The Kier molecular flexibility index (Phi) is 4.13. The number of likely N-dealkylation sites (tertiary alicyclic amines) is 1. The first kappa shape index (κ1) is 15.0. The van der Waals surface area contributed by atoms with Crippen molar-refractivity contribution in [3.05, 3.63) is 34.1 Å². The van der Waals surface area contributed by atoms with E-state index in [2.05, 4.69) is 15.9 Å². The fourth-order valence-corrected chi connectivity index (χ4v) is 3.08. The fourth-order valence-electron chi connectivity index (χ4n) is 2.70. The van der Waals surface area contributed by atoms with Crippen LogP contribution in [0.15, 0.2) is 22.7 Å². The molecule has 1 heterocycles. The van der Waals surface area contributed by atoms with Crippen molar-refractivity contribution in [3.63, 3.8) is 0 Å². The van der Waals surface area contributed by atoms with Gasteiger partial charge in [-0.15, -0.1) is 0 Å². The van der Waals surface area contributed by atoms with Crippen molar-refractivity contribution in [2.45, 2.75) is 31.7 Å². The summed E-state index contributed by atoms with van der Waals surface area (Å²) in [6.07, 6.45) is 1.47. The normalized spacial score (nSPS) is 22.1. The monoisotopic (exact) mass is 343 g/mol. The van der Waals surface area contributed by atoms with Gasteiger partial charge in [0.2, 0.25) is 0 Å². The molecule has 0 saturated carbocycles. The number of hydrogen-bond donors (Lipinski definition) is 1. The first-order chi connectivity index (χ1) is 9.42. The van der Waals surface area contributed by atoms with Crippen LogP contribution >= 0.6 is 15.9 Å². The summed E-state index contributed by atoms with van der Waals surface area (Å²) < 4.78 is 13.4. The van der Waals surface area contributed by atoms with E-state index in [4.69, 9.17) is 0 Å². The Hall–Kier alpha value is -1.43. The van der Waals surface area contributed by atoms with Crippen LogP contribution in [-0.2, 0) is 4.79 Å². The van der Waals surface area contributed by atoms with Gasteiger partial charge in [0.1, 0.15) is 11.4 Å². The number of hydrogen-bond acceptors (Lipinski definition) is 2. The smallest absolute Gasteiger partial charge is 0.329 e. The van der Waals surface area contributed by atoms with E-state index in [0.29, 0.717) is 31.4 Å². The van der Waals surface area contributed by atoms with Crippen molar-refractivity contribution >= 4 is 27.8 Å². The molecule has 4 nitrogen and oxygen atoms in total. The summed E-state index contributed by atoms with van der Waals surface area (Å²) in [7, 11) is 0. The molecule has 1 aromatic carbocycles. The van der Waals surface area contributed by atoms with Gasteiger partial charge in [-0.05, 0) is 53.4 Å². The van der Waals surface area contributed by atoms with Crippen LogP contribution in [-0.4, -0.2) is 34.0 Å². The molecule has 1 aliphatic heterocycles. The highest BCUT2D eigenvalue weighted by atomic mass is 79.9. The van der Waals surface area contributed by atoms with Crippen molar-refractivity contribution in [2.24, 2.45) is 0 Å². The number of carboxylic acid groups (broad SMARTS) is 1. The Morgan fingerprint density at radius 3 is 2.75 bits per heavy atom. The molecule has 0 aliphatic carbocycles. The number of carboxylic acids is 1. The van der Waals surface area contributed by atoms with E-state index in [-0.39, 0.29) is 10.4 Å². The highest BCUT2D eigenvalue weighted by molar-refractivity contribution is 9.10. The van der Waals surface area contributed by atoms with Gasteiger partial charge >= 0.3 is 5.97 Å². The van der Waals surface area contributed by atoms with E-state index in [1.165, 1.54) is 23.1 Å². The first-order valence-electron chi connectivity index (χ1n) is 6.43. The van der Waals surface area contributed by atoms with Crippen LogP contribution in [0.4, 0.5) is 4.39 Å². The second-order valence-electron chi connectivity index (χ2n) is 4.88. The number of halogens is 2. The standard InChI is InChI=1S/C14H15BrFNO3/c1-2-14(13(19)20)6-3-7-17(14)12(18)9-4-5-11(16)10(15)8-9/h4-5,8H,2-3,6-7H2,1H3,(H,19,20). The topological polar surface area (TPSA) is 57.6 Å².